The molecule has 3 heterocycles. The predicted octanol–water partition coefficient (Wildman–Crippen LogP) is 4.30. The van der Waals surface area contributed by atoms with Crippen LogP contribution >= 0.6 is 0 Å². The highest BCUT2D eigenvalue weighted by atomic mass is 16.7. The van der Waals surface area contributed by atoms with E-state index in [2.05, 4.69) is 22.9 Å². The molecule has 0 radical (unpaired) electrons. The normalized spacial score (nSPS) is 18.8. The van der Waals surface area contributed by atoms with Crippen LogP contribution in [0.5, 0.6) is 0 Å². The first-order valence-corrected chi connectivity index (χ1v) is 11.2. The number of nitrogens with zero attached hydrogens (tertiary/aromatic N) is 2. The molecular weight excluding hydrogens is 399 g/mol. The predicted molar refractivity (Wildman–Crippen MR) is 127 cm³/mol. The van der Waals surface area contributed by atoms with Crippen LogP contribution in [-0.4, -0.2) is 28.8 Å². The van der Waals surface area contributed by atoms with Crippen molar-refractivity contribution in [2.45, 2.75) is 58.9 Å². The summed E-state index contributed by atoms with van der Waals surface area (Å²) in [6.07, 6.45) is 2.07. The summed E-state index contributed by atoms with van der Waals surface area (Å²) in [4.78, 5) is 15.6. The summed E-state index contributed by atoms with van der Waals surface area (Å²) in [5.41, 5.74) is 5.05. The van der Waals surface area contributed by atoms with Crippen LogP contribution in [0.25, 0.3) is 0 Å². The number of aromatic nitrogens is 1. The number of hydrogen-bond acceptors (Lipinski definition) is 3. The van der Waals surface area contributed by atoms with Crippen LogP contribution in [0.2, 0.25) is 0 Å². The summed E-state index contributed by atoms with van der Waals surface area (Å²) in [7, 11) is -0.439. The number of rotatable bonds is 2. The number of anilines is 1. The van der Waals surface area contributed by atoms with Gasteiger partial charge in [-0.05, 0) is 76.0 Å². The van der Waals surface area contributed by atoms with Gasteiger partial charge >= 0.3 is 7.12 Å². The Kier molecular flexibility index (Phi) is 4.84. The largest absolute Gasteiger partial charge is 0.495 e. The minimum absolute atomic E-state index is 0.00401. The first kappa shape index (κ1) is 21.0. The van der Waals surface area contributed by atoms with Crippen LogP contribution in [0.1, 0.15) is 54.9 Å². The van der Waals surface area contributed by atoms with Crippen molar-refractivity contribution in [2.75, 3.05) is 4.90 Å². The van der Waals surface area contributed by atoms with Crippen LogP contribution in [0.15, 0.2) is 60.8 Å². The Morgan fingerprint density at radius 3 is 2.38 bits per heavy atom. The van der Waals surface area contributed by atoms with Gasteiger partial charge in [0.25, 0.3) is 5.91 Å². The average molecular weight is 428 g/mol. The van der Waals surface area contributed by atoms with Crippen molar-refractivity contribution < 1.29 is 14.1 Å². The number of para-hydroxylation sites is 1. The number of aryl methyl sites for hydroxylation is 1. The van der Waals surface area contributed by atoms with E-state index in [4.69, 9.17) is 9.31 Å². The number of carbonyl (C=O) groups is 1. The third-order valence-electron chi connectivity index (χ3n) is 7.14. The Morgan fingerprint density at radius 2 is 1.66 bits per heavy atom. The van der Waals surface area contributed by atoms with Crippen molar-refractivity contribution in [1.82, 2.24) is 4.57 Å². The third kappa shape index (κ3) is 3.38. The highest BCUT2D eigenvalue weighted by molar-refractivity contribution is 6.62. The van der Waals surface area contributed by atoms with Gasteiger partial charge in [-0.2, -0.15) is 0 Å². The van der Waals surface area contributed by atoms with Crippen LogP contribution in [0, 0.1) is 6.92 Å². The van der Waals surface area contributed by atoms with Gasteiger partial charge in [0.05, 0.1) is 17.7 Å². The number of carbonyl (C=O) groups excluding carboxylic acids is 1. The van der Waals surface area contributed by atoms with E-state index in [9.17, 15) is 4.79 Å². The molecule has 5 rings (SSSR count). The van der Waals surface area contributed by atoms with Crippen molar-refractivity contribution in [1.29, 1.82) is 0 Å². The standard InChI is InChI=1S/C26H29BN2O3/c1-18-15-19(12-13-22(18)27-31-25(2,3)26(4,5)32-27)24(30)29-17-21-10-8-14-28(21)16-20-9-6-7-11-23(20)29/h6-15H,16-17H2,1-5H3. The minimum atomic E-state index is -0.439. The SMILES string of the molecule is Cc1cc(C(=O)N2Cc3cccn3Cc3ccccc32)ccc1B1OC(C)(C)C(C)(C)O1. The first-order valence-electron chi connectivity index (χ1n) is 11.2. The summed E-state index contributed by atoms with van der Waals surface area (Å²) in [5, 5.41) is 0. The fourth-order valence-electron chi connectivity index (χ4n) is 4.47. The fraction of sp³-hybridized carbons (Fsp3) is 0.346. The van der Waals surface area contributed by atoms with Crippen molar-refractivity contribution in [3.8, 4) is 0 Å². The second-order valence-electron chi connectivity index (χ2n) is 9.81. The number of fused-ring (bicyclic) bond motifs is 2. The van der Waals surface area contributed by atoms with E-state index in [0.29, 0.717) is 12.1 Å². The molecule has 0 saturated carbocycles. The molecule has 1 saturated heterocycles. The maximum atomic E-state index is 13.7. The number of hydrogen-bond donors (Lipinski definition) is 0. The van der Waals surface area contributed by atoms with E-state index >= 15 is 0 Å². The van der Waals surface area contributed by atoms with Crippen LogP contribution in [0.4, 0.5) is 5.69 Å². The lowest BCUT2D eigenvalue weighted by Gasteiger charge is -2.32. The lowest BCUT2D eigenvalue weighted by atomic mass is 9.76. The summed E-state index contributed by atoms with van der Waals surface area (Å²) in [6, 6.07) is 18.1. The smallest absolute Gasteiger partial charge is 0.399 e. The van der Waals surface area contributed by atoms with Gasteiger partial charge in [0.1, 0.15) is 0 Å². The number of amides is 1. The Hall–Kier alpha value is -2.83. The molecule has 1 aromatic heterocycles. The highest BCUT2D eigenvalue weighted by Gasteiger charge is 2.52. The molecule has 0 atom stereocenters. The summed E-state index contributed by atoms with van der Waals surface area (Å²) in [6.45, 7) is 11.5. The molecule has 0 spiro atoms. The topological polar surface area (TPSA) is 43.7 Å². The quantitative estimate of drug-likeness (QED) is 0.572. The van der Waals surface area contributed by atoms with Gasteiger partial charge in [-0.25, -0.2) is 0 Å². The average Bonchev–Trinajstić information content (AvgIpc) is 3.21. The molecule has 32 heavy (non-hydrogen) atoms. The van der Waals surface area contributed by atoms with E-state index in [1.165, 1.54) is 0 Å². The molecule has 6 heteroatoms. The first-order chi connectivity index (χ1) is 15.2. The third-order valence-corrected chi connectivity index (χ3v) is 7.14. The van der Waals surface area contributed by atoms with Gasteiger partial charge in [-0.1, -0.05) is 29.8 Å². The molecule has 5 nitrogen and oxygen atoms in total. The highest BCUT2D eigenvalue weighted by Crippen LogP contribution is 2.37. The van der Waals surface area contributed by atoms with Gasteiger partial charge in [0, 0.05) is 29.7 Å². The van der Waals surface area contributed by atoms with Gasteiger partial charge in [0.2, 0.25) is 0 Å². The lowest BCUT2D eigenvalue weighted by Crippen LogP contribution is -2.41. The Morgan fingerprint density at radius 1 is 0.938 bits per heavy atom. The monoisotopic (exact) mass is 428 g/mol. The van der Waals surface area contributed by atoms with E-state index in [-0.39, 0.29) is 5.91 Å². The second-order valence-corrected chi connectivity index (χ2v) is 9.81. The molecule has 0 N–H and O–H groups in total. The van der Waals surface area contributed by atoms with E-state index < -0.39 is 18.3 Å². The maximum absolute atomic E-state index is 13.7. The van der Waals surface area contributed by atoms with Crippen molar-refractivity contribution >= 4 is 24.2 Å². The molecule has 2 aliphatic rings. The Bertz CT molecular complexity index is 1180. The second kappa shape index (κ2) is 7.36. The molecule has 2 aliphatic heterocycles. The van der Waals surface area contributed by atoms with E-state index in [1.54, 1.807) is 0 Å². The fourth-order valence-corrected chi connectivity index (χ4v) is 4.47. The molecule has 0 bridgehead atoms. The Balaban J connectivity index is 1.47. The van der Waals surface area contributed by atoms with E-state index in [0.717, 1.165) is 34.5 Å². The summed E-state index contributed by atoms with van der Waals surface area (Å²) in [5.74, 6) is -0.00401. The molecular formula is C26H29BN2O3. The molecule has 1 fully saturated rings. The molecule has 3 aromatic rings. The van der Waals surface area contributed by atoms with Crippen LogP contribution in [-0.2, 0) is 22.4 Å². The molecule has 0 aliphatic carbocycles. The number of benzene rings is 2. The molecule has 2 aromatic carbocycles. The van der Waals surface area contributed by atoms with Gasteiger partial charge < -0.3 is 18.8 Å². The molecule has 164 valence electrons. The maximum Gasteiger partial charge on any atom is 0.495 e. The summed E-state index contributed by atoms with van der Waals surface area (Å²) < 4.78 is 14.6. The molecule has 1 amide bonds. The zero-order valence-electron chi connectivity index (χ0n) is 19.4. The van der Waals surface area contributed by atoms with Crippen LogP contribution in [0.3, 0.4) is 0 Å². The van der Waals surface area contributed by atoms with Crippen LogP contribution < -0.4 is 10.4 Å². The molecule has 0 unspecified atom stereocenters. The van der Waals surface area contributed by atoms with Crippen molar-refractivity contribution in [3.63, 3.8) is 0 Å². The van der Waals surface area contributed by atoms with Crippen molar-refractivity contribution in [3.05, 3.63) is 83.2 Å². The lowest BCUT2D eigenvalue weighted by molar-refractivity contribution is 0.00578. The summed E-state index contributed by atoms with van der Waals surface area (Å²) >= 11 is 0. The van der Waals surface area contributed by atoms with Gasteiger partial charge in [0.15, 0.2) is 0 Å². The van der Waals surface area contributed by atoms with Gasteiger partial charge in [-0.15, -0.1) is 0 Å². The zero-order valence-corrected chi connectivity index (χ0v) is 19.4. The minimum Gasteiger partial charge on any atom is -0.399 e. The van der Waals surface area contributed by atoms with Gasteiger partial charge in [-0.3, -0.25) is 4.79 Å². The van der Waals surface area contributed by atoms with E-state index in [1.807, 2.05) is 82.0 Å². The zero-order chi connectivity index (χ0) is 22.7. The van der Waals surface area contributed by atoms with Crippen molar-refractivity contribution in [2.24, 2.45) is 0 Å². The Labute approximate surface area is 190 Å².